The predicted molar refractivity (Wildman–Crippen MR) is 87.0 cm³/mol. The molecule has 0 radical (unpaired) electrons. The van der Waals surface area contributed by atoms with Gasteiger partial charge < -0.3 is 5.73 Å². The van der Waals surface area contributed by atoms with Crippen LogP contribution in [0.15, 0.2) is 12.1 Å². The lowest BCUT2D eigenvalue weighted by Crippen LogP contribution is -2.45. The number of nitrogens with zero attached hydrogens (tertiary/aromatic N) is 1. The van der Waals surface area contributed by atoms with Gasteiger partial charge in [-0.1, -0.05) is 32.4 Å². The Hall–Kier alpha value is -0.0900. The smallest absolute Gasteiger partial charge is 0.0931 e. The fourth-order valence-corrected chi connectivity index (χ4v) is 3.66. The van der Waals surface area contributed by atoms with E-state index >= 15 is 0 Å². The molecule has 1 heterocycles. The molecule has 0 spiro atoms. The topological polar surface area (TPSA) is 29.3 Å². The van der Waals surface area contributed by atoms with Gasteiger partial charge in [-0.05, 0) is 38.3 Å². The summed E-state index contributed by atoms with van der Waals surface area (Å²) in [6.45, 7) is 12.2. The van der Waals surface area contributed by atoms with Gasteiger partial charge in [-0.25, -0.2) is 0 Å². The Balaban J connectivity index is 3.06. The van der Waals surface area contributed by atoms with Gasteiger partial charge in [0.1, 0.15) is 0 Å². The highest BCUT2D eigenvalue weighted by atomic mass is 35.5. The van der Waals surface area contributed by atoms with Gasteiger partial charge >= 0.3 is 0 Å². The molecule has 1 aromatic heterocycles. The van der Waals surface area contributed by atoms with E-state index in [9.17, 15) is 0 Å². The molecule has 0 fully saturated rings. The van der Waals surface area contributed by atoms with Crippen molar-refractivity contribution in [3.63, 3.8) is 0 Å². The molecule has 2 nitrogen and oxygen atoms in total. The van der Waals surface area contributed by atoms with Gasteiger partial charge in [-0.3, -0.25) is 4.90 Å². The highest BCUT2D eigenvalue weighted by molar-refractivity contribution is 7.16. The van der Waals surface area contributed by atoms with Crippen molar-refractivity contribution >= 4 is 22.9 Å². The molecule has 110 valence electrons. The summed E-state index contributed by atoms with van der Waals surface area (Å²) in [6.07, 6.45) is 0.974. The van der Waals surface area contributed by atoms with E-state index in [-0.39, 0.29) is 12.1 Å². The molecule has 0 aliphatic rings. The van der Waals surface area contributed by atoms with Crippen LogP contribution >= 0.6 is 22.9 Å². The minimum absolute atomic E-state index is 0.149. The molecular formula is C15H27ClN2S. The molecule has 0 aromatic carbocycles. The van der Waals surface area contributed by atoms with Crippen LogP contribution in [0.3, 0.4) is 0 Å². The van der Waals surface area contributed by atoms with Gasteiger partial charge in [0.25, 0.3) is 0 Å². The summed E-state index contributed by atoms with van der Waals surface area (Å²) < 4.78 is 0.844. The summed E-state index contributed by atoms with van der Waals surface area (Å²) in [6, 6.07) is 5.00. The van der Waals surface area contributed by atoms with E-state index in [2.05, 4.69) is 45.6 Å². The summed E-state index contributed by atoms with van der Waals surface area (Å²) in [5.41, 5.74) is 6.39. The van der Waals surface area contributed by atoms with Gasteiger partial charge in [0.15, 0.2) is 0 Å². The van der Waals surface area contributed by atoms with Crippen molar-refractivity contribution in [1.82, 2.24) is 4.90 Å². The summed E-state index contributed by atoms with van der Waals surface area (Å²) in [5.74, 6) is 0.629. The Bertz CT molecular complexity index is 376. The van der Waals surface area contributed by atoms with Crippen LogP contribution in [-0.2, 0) is 0 Å². The van der Waals surface area contributed by atoms with E-state index in [0.29, 0.717) is 12.0 Å². The summed E-state index contributed by atoms with van der Waals surface area (Å²) in [5, 5.41) is 0. The monoisotopic (exact) mass is 302 g/mol. The van der Waals surface area contributed by atoms with Gasteiger partial charge in [0.2, 0.25) is 0 Å². The van der Waals surface area contributed by atoms with Crippen molar-refractivity contribution in [3.8, 4) is 0 Å². The summed E-state index contributed by atoms with van der Waals surface area (Å²) >= 11 is 7.76. The van der Waals surface area contributed by atoms with Crippen LogP contribution in [0, 0.1) is 5.92 Å². The molecule has 0 aliphatic carbocycles. The third kappa shape index (κ3) is 4.75. The fraction of sp³-hybridized carbons (Fsp3) is 0.733. The molecule has 1 rings (SSSR count). The van der Waals surface area contributed by atoms with Crippen molar-refractivity contribution in [2.45, 2.75) is 59.2 Å². The number of thiophene rings is 1. The van der Waals surface area contributed by atoms with E-state index in [1.165, 1.54) is 4.88 Å². The van der Waals surface area contributed by atoms with Crippen molar-refractivity contribution in [2.75, 3.05) is 6.54 Å². The zero-order valence-electron chi connectivity index (χ0n) is 12.7. The number of halogens is 1. The maximum atomic E-state index is 6.39. The third-order valence-corrected chi connectivity index (χ3v) is 4.66. The first-order valence-corrected chi connectivity index (χ1v) is 8.32. The Morgan fingerprint density at radius 3 is 2.26 bits per heavy atom. The minimum Gasteiger partial charge on any atom is -0.326 e. The Labute approximate surface area is 126 Å². The van der Waals surface area contributed by atoms with Gasteiger partial charge in [-0.15, -0.1) is 11.3 Å². The highest BCUT2D eigenvalue weighted by Crippen LogP contribution is 2.34. The second-order valence-electron chi connectivity index (χ2n) is 5.84. The first kappa shape index (κ1) is 17.0. The van der Waals surface area contributed by atoms with Gasteiger partial charge in [-0.2, -0.15) is 0 Å². The lowest BCUT2D eigenvalue weighted by Gasteiger charge is -2.38. The number of nitrogens with two attached hydrogens (primary N) is 1. The van der Waals surface area contributed by atoms with Crippen molar-refractivity contribution < 1.29 is 0 Å². The normalized spacial score (nSPS) is 15.5. The average molecular weight is 303 g/mol. The third-order valence-electron chi connectivity index (χ3n) is 3.36. The lowest BCUT2D eigenvalue weighted by atomic mass is 10.00. The highest BCUT2D eigenvalue weighted by Gasteiger charge is 2.29. The number of hydrogen-bond acceptors (Lipinski definition) is 3. The van der Waals surface area contributed by atoms with E-state index in [1.54, 1.807) is 11.3 Å². The van der Waals surface area contributed by atoms with Crippen LogP contribution in [0.2, 0.25) is 4.34 Å². The molecule has 2 atom stereocenters. The number of rotatable bonds is 7. The molecule has 2 N–H and O–H groups in total. The predicted octanol–water partition coefficient (Wildman–Crippen LogP) is 4.55. The first-order chi connectivity index (χ1) is 8.86. The lowest BCUT2D eigenvalue weighted by molar-refractivity contribution is 0.116. The summed E-state index contributed by atoms with van der Waals surface area (Å²) in [4.78, 5) is 3.80. The second kappa shape index (κ2) is 7.63. The van der Waals surface area contributed by atoms with E-state index < -0.39 is 0 Å². The molecule has 4 heteroatoms. The van der Waals surface area contributed by atoms with E-state index in [1.807, 2.05) is 6.07 Å². The van der Waals surface area contributed by atoms with Crippen molar-refractivity contribution in [1.29, 1.82) is 0 Å². The maximum Gasteiger partial charge on any atom is 0.0931 e. The zero-order valence-corrected chi connectivity index (χ0v) is 14.3. The van der Waals surface area contributed by atoms with Crippen LogP contribution in [0.4, 0.5) is 0 Å². The largest absolute Gasteiger partial charge is 0.326 e. The molecule has 0 aliphatic heterocycles. The van der Waals surface area contributed by atoms with Crippen LogP contribution in [0.5, 0.6) is 0 Å². The molecule has 0 saturated heterocycles. The van der Waals surface area contributed by atoms with Crippen LogP contribution in [0.1, 0.15) is 52.0 Å². The standard InChI is InChI=1S/C15H27ClN2S/c1-6-12(17)15(13-7-8-14(16)19-13)18(11(4)5)9-10(2)3/h7-8,10-12,15H,6,9,17H2,1-5H3. The van der Waals surface area contributed by atoms with E-state index in [4.69, 9.17) is 17.3 Å². The van der Waals surface area contributed by atoms with Gasteiger partial charge in [0.05, 0.1) is 10.4 Å². The molecule has 19 heavy (non-hydrogen) atoms. The first-order valence-electron chi connectivity index (χ1n) is 7.13. The Kier molecular flexibility index (Phi) is 6.81. The summed E-state index contributed by atoms with van der Waals surface area (Å²) in [7, 11) is 0. The molecule has 1 aromatic rings. The van der Waals surface area contributed by atoms with Crippen LogP contribution in [-0.4, -0.2) is 23.5 Å². The van der Waals surface area contributed by atoms with Crippen LogP contribution in [0.25, 0.3) is 0 Å². The Morgan fingerprint density at radius 1 is 1.26 bits per heavy atom. The minimum atomic E-state index is 0.149. The molecule has 0 amide bonds. The van der Waals surface area contributed by atoms with Gasteiger partial charge in [0, 0.05) is 23.5 Å². The Morgan fingerprint density at radius 2 is 1.89 bits per heavy atom. The zero-order chi connectivity index (χ0) is 14.6. The molecule has 2 unspecified atom stereocenters. The fourth-order valence-electron chi connectivity index (χ4n) is 2.40. The molecule has 0 bridgehead atoms. The van der Waals surface area contributed by atoms with E-state index in [0.717, 1.165) is 17.3 Å². The SMILES string of the molecule is CCC(N)C(c1ccc(Cl)s1)N(CC(C)C)C(C)C. The number of hydrogen-bond donors (Lipinski definition) is 1. The maximum absolute atomic E-state index is 6.39. The quantitative estimate of drug-likeness (QED) is 0.801. The average Bonchev–Trinajstić information content (AvgIpc) is 2.73. The molecular weight excluding hydrogens is 276 g/mol. The van der Waals surface area contributed by atoms with Crippen LogP contribution < -0.4 is 5.73 Å². The molecule has 0 saturated carbocycles. The van der Waals surface area contributed by atoms with Crippen molar-refractivity contribution in [2.24, 2.45) is 11.7 Å². The second-order valence-corrected chi connectivity index (χ2v) is 7.59. The van der Waals surface area contributed by atoms with Crippen molar-refractivity contribution in [3.05, 3.63) is 21.3 Å².